The molecule has 1 aromatic carbocycles. The van der Waals surface area contributed by atoms with Gasteiger partial charge in [0.15, 0.2) is 15.6 Å². The summed E-state index contributed by atoms with van der Waals surface area (Å²) in [6.45, 7) is 1.38. The number of nitrogens with one attached hydrogen (secondary N) is 1. The standard InChI is InChI=1S/C11H13NO4S/c1-8(13)12-10-5-3-9(4-6-10)11(14)7-17(2,15)16/h3-6H,7H2,1-2H3,(H,12,13). The van der Waals surface area contributed by atoms with Gasteiger partial charge in [0.1, 0.15) is 5.75 Å². The first-order valence-electron chi connectivity index (χ1n) is 4.86. The lowest BCUT2D eigenvalue weighted by atomic mass is 10.1. The first kappa shape index (κ1) is 13.4. The molecule has 0 heterocycles. The van der Waals surface area contributed by atoms with Crippen LogP contribution in [0.3, 0.4) is 0 Å². The predicted octanol–water partition coefficient (Wildman–Crippen LogP) is 0.872. The number of benzene rings is 1. The number of sulfone groups is 1. The van der Waals surface area contributed by atoms with Crippen molar-refractivity contribution >= 4 is 27.2 Å². The number of amides is 1. The van der Waals surface area contributed by atoms with Crippen LogP contribution in [0.1, 0.15) is 17.3 Å². The molecule has 1 rings (SSSR count). The Morgan fingerprint density at radius 3 is 2.12 bits per heavy atom. The fourth-order valence-electron chi connectivity index (χ4n) is 1.26. The zero-order valence-corrected chi connectivity index (χ0v) is 10.4. The van der Waals surface area contributed by atoms with Gasteiger partial charge in [-0.25, -0.2) is 8.42 Å². The summed E-state index contributed by atoms with van der Waals surface area (Å²) in [5, 5.41) is 2.55. The smallest absolute Gasteiger partial charge is 0.221 e. The average Bonchev–Trinajstić information content (AvgIpc) is 2.15. The Balaban J connectivity index is 2.81. The van der Waals surface area contributed by atoms with Gasteiger partial charge < -0.3 is 5.32 Å². The van der Waals surface area contributed by atoms with Gasteiger partial charge in [-0.15, -0.1) is 0 Å². The van der Waals surface area contributed by atoms with Gasteiger partial charge in [0.25, 0.3) is 0 Å². The highest BCUT2D eigenvalue weighted by atomic mass is 32.2. The van der Waals surface area contributed by atoms with E-state index in [4.69, 9.17) is 0 Å². The minimum absolute atomic E-state index is 0.208. The number of Topliss-reactive ketones (excluding diaryl/α,β-unsaturated/α-hetero) is 1. The summed E-state index contributed by atoms with van der Waals surface area (Å²) in [4.78, 5) is 22.3. The molecule has 0 aromatic heterocycles. The van der Waals surface area contributed by atoms with Gasteiger partial charge in [0, 0.05) is 24.4 Å². The number of hydrogen-bond donors (Lipinski definition) is 1. The Hall–Kier alpha value is -1.69. The van der Waals surface area contributed by atoms with Crippen LogP contribution >= 0.6 is 0 Å². The van der Waals surface area contributed by atoms with E-state index < -0.39 is 21.4 Å². The Bertz CT molecular complexity index is 531. The summed E-state index contributed by atoms with van der Waals surface area (Å²) < 4.78 is 21.9. The number of carbonyl (C=O) groups excluding carboxylic acids is 2. The van der Waals surface area contributed by atoms with E-state index in [1.165, 1.54) is 19.1 Å². The molecule has 0 saturated heterocycles. The van der Waals surface area contributed by atoms with Crippen LogP contribution < -0.4 is 5.32 Å². The first-order valence-corrected chi connectivity index (χ1v) is 6.92. The molecule has 0 unspecified atom stereocenters. The quantitative estimate of drug-likeness (QED) is 0.810. The molecule has 1 N–H and O–H groups in total. The van der Waals surface area contributed by atoms with Crippen LogP contribution in [0, 0.1) is 0 Å². The van der Waals surface area contributed by atoms with Crippen molar-refractivity contribution in [2.45, 2.75) is 6.92 Å². The summed E-state index contributed by atoms with van der Waals surface area (Å²) in [6.07, 6.45) is 1.01. The maximum Gasteiger partial charge on any atom is 0.221 e. The second-order valence-corrected chi connectivity index (χ2v) is 5.89. The van der Waals surface area contributed by atoms with Gasteiger partial charge in [0.2, 0.25) is 5.91 Å². The normalized spacial score (nSPS) is 10.9. The molecule has 6 heteroatoms. The van der Waals surface area contributed by atoms with Crippen molar-refractivity contribution in [1.82, 2.24) is 0 Å². The minimum Gasteiger partial charge on any atom is -0.326 e. The van der Waals surface area contributed by atoms with E-state index >= 15 is 0 Å². The summed E-state index contributed by atoms with van der Waals surface area (Å²) in [5.74, 6) is -1.17. The topological polar surface area (TPSA) is 80.3 Å². The molecule has 92 valence electrons. The highest BCUT2D eigenvalue weighted by Gasteiger charge is 2.12. The largest absolute Gasteiger partial charge is 0.326 e. The highest BCUT2D eigenvalue weighted by molar-refractivity contribution is 7.91. The van der Waals surface area contributed by atoms with Crippen LogP contribution in [0.15, 0.2) is 24.3 Å². The molecule has 1 aromatic rings. The van der Waals surface area contributed by atoms with Crippen molar-refractivity contribution in [3.05, 3.63) is 29.8 Å². The van der Waals surface area contributed by atoms with Gasteiger partial charge in [-0.3, -0.25) is 9.59 Å². The molecule has 17 heavy (non-hydrogen) atoms. The molecule has 0 saturated carbocycles. The van der Waals surface area contributed by atoms with Gasteiger partial charge >= 0.3 is 0 Å². The molecule has 0 atom stereocenters. The number of hydrogen-bond acceptors (Lipinski definition) is 4. The molecule has 0 bridgehead atoms. The van der Waals surface area contributed by atoms with Crippen molar-refractivity contribution < 1.29 is 18.0 Å². The van der Waals surface area contributed by atoms with E-state index in [0.717, 1.165) is 6.26 Å². The first-order chi connectivity index (χ1) is 7.78. The molecule has 0 aliphatic carbocycles. The number of carbonyl (C=O) groups is 2. The summed E-state index contributed by atoms with van der Waals surface area (Å²) in [5.41, 5.74) is 0.873. The molecule has 0 aliphatic heterocycles. The van der Waals surface area contributed by atoms with Crippen LogP contribution in [0.25, 0.3) is 0 Å². The van der Waals surface area contributed by atoms with Crippen LogP contribution in [0.2, 0.25) is 0 Å². The van der Waals surface area contributed by atoms with Crippen LogP contribution in [-0.4, -0.2) is 32.1 Å². The average molecular weight is 255 g/mol. The summed E-state index contributed by atoms with van der Waals surface area (Å²) in [7, 11) is -3.32. The van der Waals surface area contributed by atoms with Gasteiger partial charge in [-0.2, -0.15) is 0 Å². The van der Waals surface area contributed by atoms with E-state index in [0.29, 0.717) is 11.3 Å². The predicted molar refractivity (Wildman–Crippen MR) is 64.8 cm³/mol. The third-order valence-electron chi connectivity index (χ3n) is 1.92. The Morgan fingerprint density at radius 1 is 1.18 bits per heavy atom. The SMILES string of the molecule is CC(=O)Nc1ccc(C(=O)CS(C)(=O)=O)cc1. The molecule has 0 radical (unpaired) electrons. The highest BCUT2D eigenvalue weighted by Crippen LogP contribution is 2.10. The Kier molecular flexibility index (Phi) is 4.01. The van der Waals surface area contributed by atoms with Crippen molar-refractivity contribution in [1.29, 1.82) is 0 Å². The van der Waals surface area contributed by atoms with Crippen molar-refractivity contribution in [2.75, 3.05) is 17.3 Å². The lowest BCUT2D eigenvalue weighted by Gasteiger charge is -2.03. The van der Waals surface area contributed by atoms with Crippen molar-refractivity contribution in [2.24, 2.45) is 0 Å². The van der Waals surface area contributed by atoms with Gasteiger partial charge in [-0.1, -0.05) is 0 Å². The zero-order valence-electron chi connectivity index (χ0n) is 9.56. The number of ketones is 1. The monoisotopic (exact) mass is 255 g/mol. The van der Waals surface area contributed by atoms with Crippen LogP contribution in [0.5, 0.6) is 0 Å². The molecular formula is C11H13NO4S. The van der Waals surface area contributed by atoms with Gasteiger partial charge in [-0.05, 0) is 24.3 Å². The molecule has 1 amide bonds. The maximum atomic E-state index is 11.5. The van der Waals surface area contributed by atoms with Crippen LogP contribution in [0.4, 0.5) is 5.69 Å². The Morgan fingerprint density at radius 2 is 1.71 bits per heavy atom. The number of rotatable bonds is 4. The molecule has 5 nitrogen and oxygen atoms in total. The third kappa shape index (κ3) is 4.78. The maximum absolute atomic E-state index is 11.5. The van der Waals surface area contributed by atoms with Gasteiger partial charge in [0.05, 0.1) is 0 Å². The van der Waals surface area contributed by atoms with Crippen molar-refractivity contribution in [3.8, 4) is 0 Å². The molecule has 0 fully saturated rings. The summed E-state index contributed by atoms with van der Waals surface area (Å²) in [6, 6.07) is 6.07. The third-order valence-corrected chi connectivity index (χ3v) is 2.71. The zero-order chi connectivity index (χ0) is 13.1. The van der Waals surface area contributed by atoms with E-state index in [1.807, 2.05) is 0 Å². The minimum atomic E-state index is -3.32. The molecule has 0 aliphatic rings. The van der Waals surface area contributed by atoms with E-state index in [2.05, 4.69) is 5.32 Å². The van der Waals surface area contributed by atoms with E-state index in [9.17, 15) is 18.0 Å². The van der Waals surface area contributed by atoms with Crippen molar-refractivity contribution in [3.63, 3.8) is 0 Å². The van der Waals surface area contributed by atoms with Crippen LogP contribution in [-0.2, 0) is 14.6 Å². The van der Waals surface area contributed by atoms with E-state index in [-0.39, 0.29) is 5.91 Å². The fraction of sp³-hybridized carbons (Fsp3) is 0.273. The lowest BCUT2D eigenvalue weighted by molar-refractivity contribution is -0.114. The summed E-state index contributed by atoms with van der Waals surface area (Å²) >= 11 is 0. The second kappa shape index (κ2) is 5.09. The number of anilines is 1. The molecular weight excluding hydrogens is 242 g/mol. The Labute approximate surface area is 99.8 Å². The second-order valence-electron chi connectivity index (χ2n) is 3.75. The van der Waals surface area contributed by atoms with E-state index in [1.54, 1.807) is 12.1 Å². The molecule has 0 spiro atoms. The lowest BCUT2D eigenvalue weighted by Crippen LogP contribution is -2.14. The fourth-order valence-corrected chi connectivity index (χ4v) is 1.91.